The van der Waals surface area contributed by atoms with E-state index in [0.29, 0.717) is 10.4 Å². The van der Waals surface area contributed by atoms with Crippen LogP contribution in [0, 0.1) is 11.7 Å². The molecule has 3 heteroatoms. The molecule has 1 aromatic rings. The van der Waals surface area contributed by atoms with Crippen molar-refractivity contribution in [1.29, 1.82) is 0 Å². The van der Waals surface area contributed by atoms with Gasteiger partial charge in [0, 0.05) is 5.54 Å². The third-order valence-corrected chi connectivity index (χ3v) is 3.35. The lowest BCUT2D eigenvalue weighted by Crippen LogP contribution is -2.38. The second-order valence-electron chi connectivity index (χ2n) is 4.07. The van der Waals surface area contributed by atoms with Gasteiger partial charge in [-0.05, 0) is 46.5 Å². The van der Waals surface area contributed by atoms with Crippen molar-refractivity contribution >= 4 is 15.9 Å². The first-order chi connectivity index (χ1) is 6.35. The Morgan fingerprint density at radius 3 is 2.43 bits per heavy atom. The zero-order chi connectivity index (χ0) is 10.9. The largest absolute Gasteiger partial charge is 0.321 e. The minimum absolute atomic E-state index is 0.256. The normalized spacial score (nSPS) is 15.6. The van der Waals surface area contributed by atoms with Gasteiger partial charge in [-0.2, -0.15) is 0 Å². The average Bonchev–Trinajstić information content (AvgIpc) is 2.09. The van der Waals surface area contributed by atoms with Gasteiger partial charge in [0.15, 0.2) is 0 Å². The molecule has 78 valence electrons. The molecule has 14 heavy (non-hydrogen) atoms. The predicted octanol–water partition coefficient (Wildman–Crippen LogP) is 3.42. The van der Waals surface area contributed by atoms with E-state index in [0.717, 1.165) is 5.56 Å². The fraction of sp³-hybridized carbons (Fsp3) is 0.455. The van der Waals surface area contributed by atoms with Gasteiger partial charge in [0.2, 0.25) is 0 Å². The molecule has 0 aromatic heterocycles. The van der Waals surface area contributed by atoms with Gasteiger partial charge >= 0.3 is 0 Å². The highest BCUT2D eigenvalue weighted by atomic mass is 79.9. The van der Waals surface area contributed by atoms with Gasteiger partial charge in [0.05, 0.1) is 4.47 Å². The molecule has 1 nitrogen and oxygen atoms in total. The molecule has 0 aliphatic carbocycles. The summed E-state index contributed by atoms with van der Waals surface area (Å²) in [6.07, 6.45) is 0. The second-order valence-corrected chi connectivity index (χ2v) is 4.92. The molecule has 0 unspecified atom stereocenters. The minimum atomic E-state index is -0.420. The maximum Gasteiger partial charge on any atom is 0.137 e. The van der Waals surface area contributed by atoms with Gasteiger partial charge in [0.1, 0.15) is 5.82 Å². The molecule has 0 spiro atoms. The Hall–Kier alpha value is -0.410. The summed E-state index contributed by atoms with van der Waals surface area (Å²) in [6.45, 7) is 6.06. The predicted molar refractivity (Wildman–Crippen MR) is 60.5 cm³/mol. The smallest absolute Gasteiger partial charge is 0.137 e. The van der Waals surface area contributed by atoms with E-state index in [4.69, 9.17) is 5.73 Å². The lowest BCUT2D eigenvalue weighted by molar-refractivity contribution is 0.350. The molecule has 0 radical (unpaired) electrons. The average molecular weight is 260 g/mol. The third-order valence-electron chi connectivity index (χ3n) is 2.74. The zero-order valence-electron chi connectivity index (χ0n) is 8.64. The molecular weight excluding hydrogens is 245 g/mol. The summed E-state index contributed by atoms with van der Waals surface area (Å²) in [6, 6.07) is 4.92. The van der Waals surface area contributed by atoms with Crippen molar-refractivity contribution in [2.24, 2.45) is 11.7 Å². The van der Waals surface area contributed by atoms with Crippen molar-refractivity contribution in [3.8, 4) is 0 Å². The van der Waals surface area contributed by atoms with Gasteiger partial charge < -0.3 is 5.73 Å². The molecule has 0 fully saturated rings. The number of hydrogen-bond acceptors (Lipinski definition) is 1. The van der Waals surface area contributed by atoms with Crippen molar-refractivity contribution in [2.45, 2.75) is 26.3 Å². The van der Waals surface area contributed by atoms with Gasteiger partial charge in [-0.3, -0.25) is 0 Å². The van der Waals surface area contributed by atoms with Crippen molar-refractivity contribution in [3.63, 3.8) is 0 Å². The van der Waals surface area contributed by atoms with Gasteiger partial charge in [-0.1, -0.05) is 19.9 Å². The highest BCUT2D eigenvalue weighted by molar-refractivity contribution is 9.10. The molecule has 1 rings (SSSR count). The number of benzene rings is 1. The van der Waals surface area contributed by atoms with Crippen LogP contribution in [0.4, 0.5) is 4.39 Å². The molecule has 0 bridgehead atoms. The van der Waals surface area contributed by atoms with Crippen LogP contribution in [0.3, 0.4) is 0 Å². The van der Waals surface area contributed by atoms with Gasteiger partial charge in [-0.15, -0.1) is 0 Å². The summed E-state index contributed by atoms with van der Waals surface area (Å²) in [7, 11) is 0. The highest BCUT2D eigenvalue weighted by Gasteiger charge is 2.25. The fourth-order valence-electron chi connectivity index (χ4n) is 1.16. The summed E-state index contributed by atoms with van der Waals surface area (Å²) >= 11 is 3.16. The van der Waals surface area contributed by atoms with Crippen LogP contribution in [-0.2, 0) is 5.54 Å². The lowest BCUT2D eigenvalue weighted by atomic mass is 9.83. The molecule has 0 amide bonds. The monoisotopic (exact) mass is 259 g/mol. The van der Waals surface area contributed by atoms with E-state index >= 15 is 0 Å². The van der Waals surface area contributed by atoms with E-state index < -0.39 is 5.54 Å². The van der Waals surface area contributed by atoms with E-state index in [2.05, 4.69) is 29.8 Å². The standard InChI is InChI=1S/C11H15BrFN/c1-7(2)11(3,14)8-4-5-10(13)9(12)6-8/h4-7H,14H2,1-3H3/t11-/m1/s1. The van der Waals surface area contributed by atoms with E-state index in [-0.39, 0.29) is 5.82 Å². The van der Waals surface area contributed by atoms with E-state index in [1.807, 2.05) is 6.92 Å². The number of nitrogens with two attached hydrogens (primary N) is 1. The maximum absolute atomic E-state index is 13.0. The van der Waals surface area contributed by atoms with Gasteiger partial charge in [-0.25, -0.2) is 4.39 Å². The Morgan fingerprint density at radius 1 is 1.43 bits per heavy atom. The first kappa shape index (κ1) is 11.7. The zero-order valence-corrected chi connectivity index (χ0v) is 10.2. The van der Waals surface area contributed by atoms with Crippen LogP contribution in [0.25, 0.3) is 0 Å². The van der Waals surface area contributed by atoms with Crippen LogP contribution in [-0.4, -0.2) is 0 Å². The van der Waals surface area contributed by atoms with E-state index in [9.17, 15) is 4.39 Å². The van der Waals surface area contributed by atoms with Crippen molar-refractivity contribution in [2.75, 3.05) is 0 Å². The number of rotatable bonds is 2. The number of halogens is 2. The van der Waals surface area contributed by atoms with Crippen LogP contribution in [0.1, 0.15) is 26.3 Å². The summed E-state index contributed by atoms with van der Waals surface area (Å²) in [5.41, 5.74) is 6.68. The molecule has 0 aliphatic rings. The Balaban J connectivity index is 3.14. The van der Waals surface area contributed by atoms with Crippen molar-refractivity contribution < 1.29 is 4.39 Å². The van der Waals surface area contributed by atoms with Crippen LogP contribution in [0.2, 0.25) is 0 Å². The van der Waals surface area contributed by atoms with Crippen LogP contribution >= 0.6 is 15.9 Å². The fourth-order valence-corrected chi connectivity index (χ4v) is 1.54. The highest BCUT2D eigenvalue weighted by Crippen LogP contribution is 2.29. The van der Waals surface area contributed by atoms with Crippen molar-refractivity contribution in [3.05, 3.63) is 34.1 Å². The summed E-state index contributed by atoms with van der Waals surface area (Å²) in [5.74, 6) is 0.0492. The Morgan fingerprint density at radius 2 is 2.00 bits per heavy atom. The molecule has 0 saturated carbocycles. The minimum Gasteiger partial charge on any atom is -0.321 e. The maximum atomic E-state index is 13.0. The molecule has 0 heterocycles. The van der Waals surface area contributed by atoms with E-state index in [1.54, 1.807) is 12.1 Å². The Labute approximate surface area is 92.6 Å². The number of hydrogen-bond donors (Lipinski definition) is 1. The first-order valence-corrected chi connectivity index (χ1v) is 5.39. The van der Waals surface area contributed by atoms with Crippen LogP contribution in [0.5, 0.6) is 0 Å². The lowest BCUT2D eigenvalue weighted by Gasteiger charge is -2.29. The van der Waals surface area contributed by atoms with Crippen molar-refractivity contribution in [1.82, 2.24) is 0 Å². The molecule has 0 aliphatic heterocycles. The SMILES string of the molecule is CC(C)[C@@](C)(N)c1ccc(F)c(Br)c1. The Bertz CT molecular complexity index is 334. The quantitative estimate of drug-likeness (QED) is 0.866. The Kier molecular flexibility index (Phi) is 3.32. The molecular formula is C11H15BrFN. The van der Waals surface area contributed by atoms with E-state index in [1.165, 1.54) is 6.07 Å². The van der Waals surface area contributed by atoms with Gasteiger partial charge in [0.25, 0.3) is 0 Å². The molecule has 1 aromatic carbocycles. The second kappa shape index (κ2) is 3.99. The summed E-state index contributed by atoms with van der Waals surface area (Å²) in [4.78, 5) is 0. The summed E-state index contributed by atoms with van der Waals surface area (Å²) in [5, 5.41) is 0. The first-order valence-electron chi connectivity index (χ1n) is 4.60. The topological polar surface area (TPSA) is 26.0 Å². The van der Waals surface area contributed by atoms with Crippen LogP contribution in [0.15, 0.2) is 22.7 Å². The molecule has 0 saturated heterocycles. The molecule has 2 N–H and O–H groups in total. The van der Waals surface area contributed by atoms with Crippen LogP contribution < -0.4 is 5.73 Å². The third kappa shape index (κ3) is 2.15. The summed E-state index contributed by atoms with van der Waals surface area (Å²) < 4.78 is 13.5. The molecule has 1 atom stereocenters.